The van der Waals surface area contributed by atoms with Crippen molar-refractivity contribution >= 4 is 23.9 Å². The zero-order valence-electron chi connectivity index (χ0n) is 29.5. The molecule has 4 aromatic rings. The largest absolute Gasteiger partial charge is 0.481 e. The molecule has 0 aliphatic heterocycles. The smallest absolute Gasteiger partial charge is 0.323 e. The molecule has 270 valence electrons. The van der Waals surface area contributed by atoms with Gasteiger partial charge in [0.25, 0.3) is 0 Å². The third-order valence-corrected chi connectivity index (χ3v) is 8.24. The highest BCUT2D eigenvalue weighted by atomic mass is 16.5. The second-order valence-electron chi connectivity index (χ2n) is 12.6. The standard InChI is InChI=1S/C21H24N2O5.C20H25NO2/c1-14(20(26)27)11-18(23-21(28)22-13-19(24)25)12-15-7-9-17(10-8-15)16-5-3-2-4-6-16;1-3-23-20(22)15(2)13-19(21)14-16-9-11-18(12-10-16)17-7-5-4-6-8-17/h2-10,14,18H,11-13H2,1H3,(H,24,25)(H,26,27)(H2,22,23,28);4-12,15,19H,3,13-14,21H2,1-2H3/t14-,18+;15-,19+/m11/s1. The molecule has 0 saturated carbocycles. The Morgan fingerprint density at radius 2 is 1.14 bits per heavy atom. The number of carboxylic acids is 2. The zero-order chi connectivity index (χ0) is 37.2. The molecule has 4 rings (SSSR count). The van der Waals surface area contributed by atoms with Crippen LogP contribution in [0.5, 0.6) is 0 Å². The molecule has 0 unspecified atom stereocenters. The summed E-state index contributed by atoms with van der Waals surface area (Å²) in [4.78, 5) is 45.3. The molecule has 0 saturated heterocycles. The summed E-state index contributed by atoms with van der Waals surface area (Å²) < 4.78 is 5.02. The molecular formula is C41H49N3O7. The van der Waals surface area contributed by atoms with Crippen LogP contribution in [0.2, 0.25) is 0 Å². The Labute approximate surface area is 300 Å². The molecular weight excluding hydrogens is 646 g/mol. The maximum Gasteiger partial charge on any atom is 0.323 e. The van der Waals surface area contributed by atoms with Gasteiger partial charge in [0.05, 0.1) is 18.4 Å². The first-order chi connectivity index (χ1) is 24.4. The van der Waals surface area contributed by atoms with Crippen molar-refractivity contribution in [2.45, 2.75) is 58.5 Å². The second-order valence-corrected chi connectivity index (χ2v) is 12.6. The fourth-order valence-electron chi connectivity index (χ4n) is 5.55. The molecule has 2 amide bonds. The predicted molar refractivity (Wildman–Crippen MR) is 199 cm³/mol. The first-order valence-corrected chi connectivity index (χ1v) is 17.1. The lowest BCUT2D eigenvalue weighted by atomic mass is 9.95. The van der Waals surface area contributed by atoms with E-state index in [4.69, 9.17) is 20.7 Å². The van der Waals surface area contributed by atoms with Crippen molar-refractivity contribution in [3.63, 3.8) is 0 Å². The summed E-state index contributed by atoms with van der Waals surface area (Å²) in [6.45, 7) is 5.18. The molecule has 51 heavy (non-hydrogen) atoms. The van der Waals surface area contributed by atoms with Gasteiger partial charge in [-0.05, 0) is 66.0 Å². The van der Waals surface area contributed by atoms with Crippen LogP contribution in [0.3, 0.4) is 0 Å². The molecule has 10 heteroatoms. The van der Waals surface area contributed by atoms with Gasteiger partial charge in [0.2, 0.25) is 0 Å². The highest BCUT2D eigenvalue weighted by molar-refractivity contribution is 5.80. The number of urea groups is 1. The van der Waals surface area contributed by atoms with Crippen LogP contribution in [0.4, 0.5) is 4.79 Å². The Morgan fingerprint density at radius 1 is 0.667 bits per heavy atom. The van der Waals surface area contributed by atoms with Crippen LogP contribution < -0.4 is 16.4 Å². The Bertz CT molecular complexity index is 1660. The van der Waals surface area contributed by atoms with E-state index in [0.717, 1.165) is 23.1 Å². The normalized spacial score (nSPS) is 12.9. The number of carboxylic acid groups (broad SMARTS) is 2. The van der Waals surface area contributed by atoms with Crippen molar-refractivity contribution in [3.05, 3.63) is 120 Å². The van der Waals surface area contributed by atoms with E-state index in [1.165, 1.54) is 16.7 Å². The Kier molecular flexibility index (Phi) is 16.4. The van der Waals surface area contributed by atoms with Gasteiger partial charge in [0.1, 0.15) is 6.54 Å². The van der Waals surface area contributed by atoms with Gasteiger partial charge in [0, 0.05) is 12.1 Å². The number of nitrogens with one attached hydrogen (secondary N) is 2. The van der Waals surface area contributed by atoms with E-state index in [9.17, 15) is 19.2 Å². The Morgan fingerprint density at radius 3 is 1.59 bits per heavy atom. The topological polar surface area (TPSA) is 168 Å². The molecule has 0 radical (unpaired) electrons. The number of carbonyl (C=O) groups excluding carboxylic acids is 2. The highest BCUT2D eigenvalue weighted by Crippen LogP contribution is 2.22. The molecule has 4 aromatic carbocycles. The van der Waals surface area contributed by atoms with Crippen molar-refractivity contribution < 1.29 is 34.1 Å². The SMILES string of the molecule is CCOC(=O)[C@H](C)C[C@H](N)Cc1ccc(-c2ccccc2)cc1.C[C@H](C[C@@H](Cc1ccc(-c2ccccc2)cc1)NC(=O)NCC(=O)O)C(=O)O. The number of esters is 1. The van der Waals surface area contributed by atoms with Crippen LogP contribution in [-0.4, -0.2) is 59.4 Å². The van der Waals surface area contributed by atoms with Crippen LogP contribution in [0.25, 0.3) is 22.3 Å². The van der Waals surface area contributed by atoms with Gasteiger partial charge in [-0.2, -0.15) is 0 Å². The number of ether oxygens (including phenoxy) is 1. The fraction of sp³-hybridized carbons (Fsp3) is 0.317. The lowest BCUT2D eigenvalue weighted by Gasteiger charge is -2.21. The van der Waals surface area contributed by atoms with Gasteiger partial charge in [-0.1, -0.05) is 123 Å². The molecule has 0 bridgehead atoms. The van der Waals surface area contributed by atoms with Crippen molar-refractivity contribution in [2.24, 2.45) is 17.6 Å². The predicted octanol–water partition coefficient (Wildman–Crippen LogP) is 6.57. The van der Waals surface area contributed by atoms with E-state index in [1.807, 2.05) is 86.6 Å². The van der Waals surface area contributed by atoms with E-state index < -0.39 is 36.5 Å². The number of nitrogens with two attached hydrogens (primary N) is 1. The maximum atomic E-state index is 11.9. The zero-order valence-corrected chi connectivity index (χ0v) is 29.5. The van der Waals surface area contributed by atoms with Gasteiger partial charge in [-0.3, -0.25) is 14.4 Å². The van der Waals surface area contributed by atoms with E-state index in [1.54, 1.807) is 6.92 Å². The quantitative estimate of drug-likeness (QED) is 0.0820. The first-order valence-electron chi connectivity index (χ1n) is 17.1. The molecule has 4 atom stereocenters. The number of amides is 2. The number of benzene rings is 4. The summed E-state index contributed by atoms with van der Waals surface area (Å²) in [6.07, 6.45) is 2.07. The minimum Gasteiger partial charge on any atom is -0.481 e. The summed E-state index contributed by atoms with van der Waals surface area (Å²) in [5, 5.41) is 22.7. The fourth-order valence-corrected chi connectivity index (χ4v) is 5.55. The van der Waals surface area contributed by atoms with Gasteiger partial charge in [-0.25, -0.2) is 4.79 Å². The lowest BCUT2D eigenvalue weighted by Crippen LogP contribution is -2.45. The maximum absolute atomic E-state index is 11.9. The van der Waals surface area contributed by atoms with Crippen molar-refractivity contribution in [3.8, 4) is 22.3 Å². The summed E-state index contributed by atoms with van der Waals surface area (Å²) in [5.74, 6) is -3.07. The Balaban J connectivity index is 0.000000281. The van der Waals surface area contributed by atoms with E-state index in [0.29, 0.717) is 19.4 Å². The highest BCUT2D eigenvalue weighted by Gasteiger charge is 2.21. The monoisotopic (exact) mass is 695 g/mol. The third kappa shape index (κ3) is 14.5. The third-order valence-electron chi connectivity index (χ3n) is 8.24. The van der Waals surface area contributed by atoms with Gasteiger partial charge in [-0.15, -0.1) is 0 Å². The minimum absolute atomic E-state index is 0.0445. The van der Waals surface area contributed by atoms with Crippen LogP contribution in [0.1, 0.15) is 44.7 Å². The molecule has 10 nitrogen and oxygen atoms in total. The van der Waals surface area contributed by atoms with Crippen molar-refractivity contribution in [1.29, 1.82) is 0 Å². The molecule has 0 aliphatic carbocycles. The summed E-state index contributed by atoms with van der Waals surface area (Å²) in [5.41, 5.74) is 12.9. The average Bonchev–Trinajstić information content (AvgIpc) is 3.12. The van der Waals surface area contributed by atoms with E-state index >= 15 is 0 Å². The lowest BCUT2D eigenvalue weighted by molar-refractivity contribution is -0.147. The summed E-state index contributed by atoms with van der Waals surface area (Å²) in [7, 11) is 0. The number of carbonyl (C=O) groups is 4. The first kappa shape index (κ1) is 40.0. The average molecular weight is 696 g/mol. The van der Waals surface area contributed by atoms with Crippen molar-refractivity contribution in [2.75, 3.05) is 13.2 Å². The number of hydrogen-bond acceptors (Lipinski definition) is 6. The summed E-state index contributed by atoms with van der Waals surface area (Å²) in [6, 6.07) is 35.4. The van der Waals surface area contributed by atoms with Crippen LogP contribution in [-0.2, 0) is 32.0 Å². The minimum atomic E-state index is -1.15. The van der Waals surface area contributed by atoms with Crippen molar-refractivity contribution in [1.82, 2.24) is 10.6 Å². The second kappa shape index (κ2) is 20.9. The van der Waals surface area contributed by atoms with Crippen LogP contribution in [0, 0.1) is 11.8 Å². The molecule has 0 heterocycles. The van der Waals surface area contributed by atoms with E-state index in [2.05, 4.69) is 47.0 Å². The molecule has 0 spiro atoms. The summed E-state index contributed by atoms with van der Waals surface area (Å²) >= 11 is 0. The number of aliphatic carboxylic acids is 2. The van der Waals surface area contributed by atoms with E-state index in [-0.39, 0.29) is 24.3 Å². The number of hydrogen-bond donors (Lipinski definition) is 5. The van der Waals surface area contributed by atoms with Crippen LogP contribution in [0.15, 0.2) is 109 Å². The van der Waals surface area contributed by atoms with Gasteiger partial charge >= 0.3 is 23.9 Å². The van der Waals surface area contributed by atoms with Gasteiger partial charge < -0.3 is 31.3 Å². The molecule has 0 fully saturated rings. The number of rotatable bonds is 16. The Hall–Kier alpha value is -5.48. The molecule has 0 aliphatic rings. The van der Waals surface area contributed by atoms with Gasteiger partial charge in [0.15, 0.2) is 0 Å². The molecule has 6 N–H and O–H groups in total. The van der Waals surface area contributed by atoms with Crippen LogP contribution >= 0.6 is 0 Å². The molecule has 0 aromatic heterocycles.